The van der Waals surface area contributed by atoms with Crippen molar-refractivity contribution in [1.82, 2.24) is 10.2 Å². The van der Waals surface area contributed by atoms with E-state index >= 15 is 0 Å². The number of rotatable bonds is 3. The molecule has 0 aliphatic heterocycles. The number of anilines is 1. The molecule has 0 aliphatic carbocycles. The number of sulfonamides is 1. The molecule has 0 spiro atoms. The molecule has 1 aromatic carbocycles. The molecule has 2 aromatic rings. The second kappa shape index (κ2) is 4.21. The molecule has 17 heavy (non-hydrogen) atoms. The second-order valence-electron chi connectivity index (χ2n) is 3.86. The Morgan fingerprint density at radius 3 is 2.71 bits per heavy atom. The van der Waals surface area contributed by atoms with E-state index in [1.165, 1.54) is 12.4 Å². The number of nitrogens with one attached hydrogen (secondary N) is 2. The maximum absolute atomic E-state index is 12.0. The van der Waals surface area contributed by atoms with Gasteiger partial charge in [-0.3, -0.25) is 9.82 Å². The molecule has 0 amide bonds. The zero-order valence-electron chi connectivity index (χ0n) is 9.56. The monoisotopic (exact) mass is 251 g/mol. The first kappa shape index (κ1) is 11.7. The van der Waals surface area contributed by atoms with Gasteiger partial charge in [-0.15, -0.1) is 0 Å². The highest BCUT2D eigenvalue weighted by Gasteiger charge is 2.16. The number of hydrogen-bond donors (Lipinski definition) is 2. The van der Waals surface area contributed by atoms with Gasteiger partial charge in [-0.2, -0.15) is 5.10 Å². The third-order valence-electron chi connectivity index (χ3n) is 2.42. The van der Waals surface area contributed by atoms with Crippen LogP contribution in [0.4, 0.5) is 5.69 Å². The number of hydrogen-bond acceptors (Lipinski definition) is 3. The van der Waals surface area contributed by atoms with Gasteiger partial charge in [0.2, 0.25) is 0 Å². The number of benzene rings is 1. The lowest BCUT2D eigenvalue weighted by Crippen LogP contribution is -2.13. The van der Waals surface area contributed by atoms with Gasteiger partial charge in [0.15, 0.2) is 0 Å². The van der Waals surface area contributed by atoms with Gasteiger partial charge in [-0.1, -0.05) is 12.1 Å². The van der Waals surface area contributed by atoms with Crippen LogP contribution in [0.15, 0.2) is 35.5 Å². The van der Waals surface area contributed by atoms with Gasteiger partial charge >= 0.3 is 0 Å². The third-order valence-corrected chi connectivity index (χ3v) is 3.75. The standard InChI is InChI=1S/C11H13N3O2S/c1-8-3-4-9(2)11(5-8)14-17(15,16)10-6-12-13-7-10/h3-7,14H,1-2H3,(H,12,13). The van der Waals surface area contributed by atoms with Crippen molar-refractivity contribution in [2.24, 2.45) is 0 Å². The number of aromatic nitrogens is 2. The summed E-state index contributed by atoms with van der Waals surface area (Å²) in [6.45, 7) is 3.77. The minimum atomic E-state index is -3.55. The quantitative estimate of drug-likeness (QED) is 0.873. The van der Waals surface area contributed by atoms with Gasteiger partial charge in [-0.05, 0) is 31.0 Å². The summed E-state index contributed by atoms with van der Waals surface area (Å²) in [6.07, 6.45) is 2.61. The Hall–Kier alpha value is -1.82. The van der Waals surface area contributed by atoms with Crippen molar-refractivity contribution in [3.8, 4) is 0 Å². The van der Waals surface area contributed by atoms with Gasteiger partial charge in [0.05, 0.1) is 11.9 Å². The predicted molar refractivity (Wildman–Crippen MR) is 65.3 cm³/mol. The van der Waals surface area contributed by atoms with E-state index in [0.717, 1.165) is 11.1 Å². The average molecular weight is 251 g/mol. The molecule has 0 radical (unpaired) electrons. The molecule has 6 heteroatoms. The summed E-state index contributed by atoms with van der Waals surface area (Å²) in [6, 6.07) is 5.61. The molecule has 90 valence electrons. The molecule has 0 atom stereocenters. The third kappa shape index (κ3) is 2.47. The second-order valence-corrected chi connectivity index (χ2v) is 5.54. The summed E-state index contributed by atoms with van der Waals surface area (Å²) in [5, 5.41) is 6.10. The topological polar surface area (TPSA) is 74.8 Å². The molecule has 0 saturated heterocycles. The largest absolute Gasteiger partial charge is 0.284 e. The smallest absolute Gasteiger partial charge is 0.265 e. The van der Waals surface area contributed by atoms with E-state index in [-0.39, 0.29) is 4.90 Å². The van der Waals surface area contributed by atoms with E-state index < -0.39 is 10.0 Å². The van der Waals surface area contributed by atoms with E-state index in [9.17, 15) is 8.42 Å². The lowest BCUT2D eigenvalue weighted by Gasteiger charge is -2.09. The first-order valence-corrected chi connectivity index (χ1v) is 6.56. The zero-order chi connectivity index (χ0) is 12.5. The van der Waals surface area contributed by atoms with E-state index in [4.69, 9.17) is 0 Å². The molecule has 0 bridgehead atoms. The SMILES string of the molecule is Cc1ccc(C)c(NS(=O)(=O)c2cn[nH]c2)c1. The summed E-state index contributed by atoms with van der Waals surface area (Å²) in [4.78, 5) is 0.124. The first-order chi connectivity index (χ1) is 7.99. The highest BCUT2D eigenvalue weighted by Crippen LogP contribution is 2.20. The average Bonchev–Trinajstić information content (AvgIpc) is 2.77. The van der Waals surface area contributed by atoms with Crippen molar-refractivity contribution < 1.29 is 8.42 Å². The summed E-state index contributed by atoms with van der Waals surface area (Å²) in [7, 11) is -3.55. The molecule has 0 unspecified atom stereocenters. The van der Waals surface area contributed by atoms with Crippen LogP contribution in [0, 0.1) is 13.8 Å². The number of nitrogens with zero attached hydrogens (tertiary/aromatic N) is 1. The van der Waals surface area contributed by atoms with E-state index in [1.807, 2.05) is 26.0 Å². The molecule has 0 saturated carbocycles. The summed E-state index contributed by atoms with van der Waals surface area (Å²) in [5.74, 6) is 0. The Labute approximate surface area is 99.9 Å². The van der Waals surface area contributed by atoms with Crippen LogP contribution in [0.1, 0.15) is 11.1 Å². The van der Waals surface area contributed by atoms with Crippen molar-refractivity contribution in [1.29, 1.82) is 0 Å². The Kier molecular flexibility index (Phi) is 2.89. The number of aromatic amines is 1. The van der Waals surface area contributed by atoms with Gasteiger partial charge in [0, 0.05) is 6.20 Å². The summed E-state index contributed by atoms with van der Waals surface area (Å²) in [5.41, 5.74) is 2.47. The van der Waals surface area contributed by atoms with Crippen LogP contribution in [-0.4, -0.2) is 18.6 Å². The molecule has 2 N–H and O–H groups in total. The molecule has 0 fully saturated rings. The van der Waals surface area contributed by atoms with Crippen LogP contribution >= 0.6 is 0 Å². The van der Waals surface area contributed by atoms with Crippen LogP contribution in [0.2, 0.25) is 0 Å². The molecule has 1 aromatic heterocycles. The van der Waals surface area contributed by atoms with Crippen molar-refractivity contribution in [2.45, 2.75) is 18.7 Å². The highest BCUT2D eigenvalue weighted by molar-refractivity contribution is 7.92. The van der Waals surface area contributed by atoms with Crippen LogP contribution in [0.25, 0.3) is 0 Å². The molecular formula is C11H13N3O2S. The van der Waals surface area contributed by atoms with Crippen molar-refractivity contribution in [3.63, 3.8) is 0 Å². The van der Waals surface area contributed by atoms with Crippen molar-refractivity contribution >= 4 is 15.7 Å². The van der Waals surface area contributed by atoms with Crippen molar-refractivity contribution in [3.05, 3.63) is 41.7 Å². The van der Waals surface area contributed by atoms with E-state index in [2.05, 4.69) is 14.9 Å². The van der Waals surface area contributed by atoms with Crippen molar-refractivity contribution in [2.75, 3.05) is 4.72 Å². The minimum Gasteiger partial charge on any atom is -0.284 e. The fourth-order valence-electron chi connectivity index (χ4n) is 1.44. The first-order valence-electron chi connectivity index (χ1n) is 5.08. The molecule has 5 nitrogen and oxygen atoms in total. The Bertz CT molecular complexity index is 618. The Morgan fingerprint density at radius 1 is 1.29 bits per heavy atom. The number of aryl methyl sites for hydroxylation is 2. The Balaban J connectivity index is 2.36. The van der Waals surface area contributed by atoms with Gasteiger partial charge in [-0.25, -0.2) is 8.42 Å². The summed E-state index contributed by atoms with van der Waals surface area (Å²) < 4.78 is 26.5. The van der Waals surface area contributed by atoms with Gasteiger partial charge < -0.3 is 0 Å². The fourth-order valence-corrected chi connectivity index (χ4v) is 2.46. The van der Waals surface area contributed by atoms with E-state index in [1.54, 1.807) is 6.07 Å². The maximum Gasteiger partial charge on any atom is 0.265 e. The predicted octanol–water partition coefficient (Wildman–Crippen LogP) is 1.83. The minimum absolute atomic E-state index is 0.124. The normalized spacial score (nSPS) is 11.4. The zero-order valence-corrected chi connectivity index (χ0v) is 10.4. The maximum atomic E-state index is 12.0. The molecular weight excluding hydrogens is 238 g/mol. The van der Waals surface area contributed by atoms with Gasteiger partial charge in [0.25, 0.3) is 10.0 Å². The van der Waals surface area contributed by atoms with Crippen LogP contribution < -0.4 is 4.72 Å². The molecule has 1 heterocycles. The molecule has 2 rings (SSSR count). The molecule has 0 aliphatic rings. The van der Waals surface area contributed by atoms with Crippen LogP contribution in [-0.2, 0) is 10.0 Å². The van der Waals surface area contributed by atoms with E-state index in [0.29, 0.717) is 5.69 Å². The highest BCUT2D eigenvalue weighted by atomic mass is 32.2. The van der Waals surface area contributed by atoms with Gasteiger partial charge in [0.1, 0.15) is 4.90 Å². The van der Waals surface area contributed by atoms with Crippen LogP contribution in [0.5, 0.6) is 0 Å². The lowest BCUT2D eigenvalue weighted by molar-refractivity contribution is 0.601. The Morgan fingerprint density at radius 2 is 2.06 bits per heavy atom. The number of H-pyrrole nitrogens is 1. The summed E-state index contributed by atoms with van der Waals surface area (Å²) >= 11 is 0. The lowest BCUT2D eigenvalue weighted by atomic mass is 10.1. The fraction of sp³-hybridized carbons (Fsp3) is 0.182. The van der Waals surface area contributed by atoms with Crippen LogP contribution in [0.3, 0.4) is 0 Å².